The first kappa shape index (κ1) is 12.9. The smallest absolute Gasteiger partial charge is 0.296 e. The molecule has 0 radical (unpaired) electrons. The lowest BCUT2D eigenvalue weighted by molar-refractivity contribution is -0.112. The normalized spacial score (nSPS) is 13.8. The third kappa shape index (κ3) is 2.22. The number of anilines is 2. The molecule has 1 heterocycles. The van der Waals surface area contributed by atoms with Gasteiger partial charge in [-0.05, 0) is 28.1 Å². The van der Waals surface area contributed by atoms with Crippen molar-refractivity contribution < 1.29 is 18.4 Å². The number of rotatable bonds is 3. The summed E-state index contributed by atoms with van der Waals surface area (Å²) in [5.41, 5.74) is 1.09. The average molecular weight is 319 g/mol. The summed E-state index contributed by atoms with van der Waals surface area (Å²) in [6.45, 7) is -0.431. The van der Waals surface area contributed by atoms with Crippen LogP contribution in [0.15, 0.2) is 16.6 Å². The standard InChI is InChI=1S/C11H9BrF2N2O2/c1-16(4-9(13)14)8-3-7-5(2-6(8)12)10(17)11(18)15-7/h2-3,9H,4H2,1H3,(H,15,17,18). The van der Waals surface area contributed by atoms with Crippen LogP contribution in [0.4, 0.5) is 20.2 Å². The molecule has 18 heavy (non-hydrogen) atoms. The summed E-state index contributed by atoms with van der Waals surface area (Å²) in [5.74, 6) is -1.32. The topological polar surface area (TPSA) is 49.4 Å². The van der Waals surface area contributed by atoms with Crippen molar-refractivity contribution >= 4 is 39.0 Å². The second-order valence-electron chi connectivity index (χ2n) is 3.90. The molecule has 1 amide bonds. The number of nitrogens with one attached hydrogen (secondary N) is 1. The Morgan fingerprint density at radius 2 is 2.06 bits per heavy atom. The minimum Gasteiger partial charge on any atom is -0.368 e. The number of nitrogens with zero attached hydrogens (tertiary/aromatic N) is 1. The summed E-state index contributed by atoms with van der Waals surface area (Å²) in [5, 5.41) is 2.40. The van der Waals surface area contributed by atoms with Gasteiger partial charge in [0.1, 0.15) is 0 Å². The van der Waals surface area contributed by atoms with Gasteiger partial charge in [0.15, 0.2) is 0 Å². The Labute approximate surface area is 110 Å². The number of halogens is 3. The molecule has 2 rings (SSSR count). The van der Waals surface area contributed by atoms with E-state index in [2.05, 4.69) is 21.2 Å². The number of Topliss-reactive ketones (excluding diaryl/α,β-unsaturated/α-hetero) is 1. The highest BCUT2D eigenvalue weighted by atomic mass is 79.9. The summed E-state index contributed by atoms with van der Waals surface area (Å²) in [4.78, 5) is 24.0. The zero-order chi connectivity index (χ0) is 13.4. The van der Waals surface area contributed by atoms with Crippen molar-refractivity contribution in [3.05, 3.63) is 22.2 Å². The summed E-state index contributed by atoms with van der Waals surface area (Å²) in [6, 6.07) is 2.97. The Balaban J connectivity index is 2.38. The minimum absolute atomic E-state index is 0.251. The van der Waals surface area contributed by atoms with E-state index < -0.39 is 24.7 Å². The van der Waals surface area contributed by atoms with E-state index in [9.17, 15) is 18.4 Å². The predicted molar refractivity (Wildman–Crippen MR) is 66.4 cm³/mol. The molecule has 0 bridgehead atoms. The van der Waals surface area contributed by atoms with Gasteiger partial charge in [-0.1, -0.05) is 0 Å². The number of fused-ring (bicyclic) bond motifs is 1. The molecule has 0 saturated heterocycles. The van der Waals surface area contributed by atoms with Crippen LogP contribution in [0.1, 0.15) is 10.4 Å². The van der Waals surface area contributed by atoms with Crippen molar-refractivity contribution in [3.63, 3.8) is 0 Å². The summed E-state index contributed by atoms with van der Waals surface area (Å²) >= 11 is 3.21. The van der Waals surface area contributed by atoms with Gasteiger partial charge in [0, 0.05) is 11.5 Å². The highest BCUT2D eigenvalue weighted by Crippen LogP contribution is 2.34. The Kier molecular flexibility index (Phi) is 3.34. The van der Waals surface area contributed by atoms with E-state index in [-0.39, 0.29) is 5.56 Å². The van der Waals surface area contributed by atoms with Gasteiger partial charge in [-0.25, -0.2) is 8.78 Å². The molecule has 0 fully saturated rings. The third-order valence-corrected chi connectivity index (χ3v) is 3.24. The molecule has 0 unspecified atom stereocenters. The maximum absolute atomic E-state index is 12.3. The molecule has 1 N–H and O–H groups in total. The lowest BCUT2D eigenvalue weighted by atomic mass is 10.1. The fraction of sp³-hybridized carbons (Fsp3) is 0.273. The fourth-order valence-corrected chi connectivity index (χ4v) is 2.40. The number of benzene rings is 1. The van der Waals surface area contributed by atoms with Crippen LogP contribution in [0.2, 0.25) is 0 Å². The van der Waals surface area contributed by atoms with Crippen molar-refractivity contribution in [2.45, 2.75) is 6.43 Å². The lowest BCUT2D eigenvalue weighted by Gasteiger charge is -2.20. The van der Waals surface area contributed by atoms with Crippen LogP contribution in [0.5, 0.6) is 0 Å². The summed E-state index contributed by atoms with van der Waals surface area (Å²) < 4.78 is 25.1. The molecule has 0 atom stereocenters. The SMILES string of the molecule is CN(CC(F)F)c1cc2c(cc1Br)C(=O)C(=O)N2. The summed E-state index contributed by atoms with van der Waals surface area (Å²) in [7, 11) is 1.51. The fourth-order valence-electron chi connectivity index (χ4n) is 1.75. The van der Waals surface area contributed by atoms with Gasteiger partial charge in [0.2, 0.25) is 0 Å². The Hall–Kier alpha value is -1.50. The molecular weight excluding hydrogens is 310 g/mol. The third-order valence-electron chi connectivity index (χ3n) is 2.61. The van der Waals surface area contributed by atoms with E-state index in [1.807, 2.05) is 0 Å². The highest BCUT2D eigenvalue weighted by Gasteiger charge is 2.29. The van der Waals surface area contributed by atoms with Gasteiger partial charge < -0.3 is 10.2 Å². The Morgan fingerprint density at radius 3 is 2.67 bits per heavy atom. The van der Waals surface area contributed by atoms with Crippen LogP contribution >= 0.6 is 15.9 Å². The van der Waals surface area contributed by atoms with Crippen LogP contribution < -0.4 is 10.2 Å². The average Bonchev–Trinajstić information content (AvgIpc) is 2.53. The zero-order valence-electron chi connectivity index (χ0n) is 9.34. The quantitative estimate of drug-likeness (QED) is 0.870. The van der Waals surface area contributed by atoms with E-state index in [0.717, 1.165) is 0 Å². The molecule has 1 aromatic rings. The van der Waals surface area contributed by atoms with Crippen LogP contribution in [-0.2, 0) is 4.79 Å². The predicted octanol–water partition coefficient (Wildman–Crippen LogP) is 2.29. The maximum atomic E-state index is 12.3. The number of ketones is 1. The maximum Gasteiger partial charge on any atom is 0.296 e. The number of carbonyl (C=O) groups is 2. The molecule has 7 heteroatoms. The molecule has 4 nitrogen and oxygen atoms in total. The zero-order valence-corrected chi connectivity index (χ0v) is 10.9. The highest BCUT2D eigenvalue weighted by molar-refractivity contribution is 9.10. The minimum atomic E-state index is -2.47. The van der Waals surface area contributed by atoms with Crippen molar-refractivity contribution in [2.75, 3.05) is 23.8 Å². The van der Waals surface area contributed by atoms with Crippen molar-refractivity contribution in [1.82, 2.24) is 0 Å². The number of hydrogen-bond donors (Lipinski definition) is 1. The second kappa shape index (κ2) is 4.64. The van der Waals surface area contributed by atoms with Gasteiger partial charge >= 0.3 is 0 Å². The van der Waals surface area contributed by atoms with Crippen molar-refractivity contribution in [3.8, 4) is 0 Å². The Bertz CT molecular complexity index is 534. The number of alkyl halides is 2. The van der Waals surface area contributed by atoms with Gasteiger partial charge in [-0.2, -0.15) is 0 Å². The molecule has 0 aliphatic carbocycles. The molecule has 1 aromatic carbocycles. The number of amides is 1. The van der Waals surface area contributed by atoms with Crippen molar-refractivity contribution in [1.29, 1.82) is 0 Å². The lowest BCUT2D eigenvalue weighted by Crippen LogP contribution is -2.24. The van der Waals surface area contributed by atoms with Gasteiger partial charge in [-0.15, -0.1) is 0 Å². The second-order valence-corrected chi connectivity index (χ2v) is 4.76. The first-order chi connectivity index (χ1) is 8.40. The number of hydrogen-bond acceptors (Lipinski definition) is 3. The first-order valence-corrected chi connectivity index (χ1v) is 5.88. The molecule has 1 aliphatic rings. The molecule has 0 saturated carbocycles. The van der Waals surface area contributed by atoms with E-state index in [4.69, 9.17) is 0 Å². The van der Waals surface area contributed by atoms with E-state index >= 15 is 0 Å². The van der Waals surface area contributed by atoms with Crippen molar-refractivity contribution in [2.24, 2.45) is 0 Å². The molecule has 96 valence electrons. The molecular formula is C11H9BrF2N2O2. The summed E-state index contributed by atoms with van der Waals surface area (Å²) in [6.07, 6.45) is -2.47. The van der Waals surface area contributed by atoms with Gasteiger partial charge in [0.05, 0.1) is 23.5 Å². The monoisotopic (exact) mass is 318 g/mol. The van der Waals surface area contributed by atoms with Crippen LogP contribution in [0.3, 0.4) is 0 Å². The molecule has 1 aliphatic heterocycles. The Morgan fingerprint density at radius 1 is 1.39 bits per heavy atom. The van der Waals surface area contributed by atoms with E-state index in [1.165, 1.54) is 24.1 Å². The van der Waals surface area contributed by atoms with Crippen LogP contribution in [0.25, 0.3) is 0 Å². The van der Waals surface area contributed by atoms with Gasteiger partial charge in [0.25, 0.3) is 18.1 Å². The van der Waals surface area contributed by atoms with E-state index in [0.29, 0.717) is 15.8 Å². The first-order valence-electron chi connectivity index (χ1n) is 5.08. The van der Waals surface area contributed by atoms with Crippen LogP contribution in [-0.4, -0.2) is 31.7 Å². The van der Waals surface area contributed by atoms with E-state index in [1.54, 1.807) is 0 Å². The molecule has 0 spiro atoms. The largest absolute Gasteiger partial charge is 0.368 e. The van der Waals surface area contributed by atoms with Gasteiger partial charge in [-0.3, -0.25) is 9.59 Å². The molecule has 0 aromatic heterocycles. The number of carbonyl (C=O) groups excluding carboxylic acids is 2. The van der Waals surface area contributed by atoms with Crippen LogP contribution in [0, 0.1) is 0 Å².